The Morgan fingerprint density at radius 2 is 2.29 bits per heavy atom. The Balaban J connectivity index is 0.000000360. The van der Waals surface area contributed by atoms with Crippen molar-refractivity contribution in [2.75, 3.05) is 5.75 Å². The van der Waals surface area contributed by atoms with E-state index in [9.17, 15) is 0 Å². The van der Waals surface area contributed by atoms with E-state index in [0.29, 0.717) is 0 Å². The van der Waals surface area contributed by atoms with E-state index in [1.165, 1.54) is 18.6 Å². The summed E-state index contributed by atoms with van der Waals surface area (Å²) in [7, 11) is 0. The topological polar surface area (TPSA) is 0 Å². The van der Waals surface area contributed by atoms with Crippen molar-refractivity contribution in [3.63, 3.8) is 0 Å². The van der Waals surface area contributed by atoms with Gasteiger partial charge in [-0.3, -0.25) is 0 Å². The molecule has 1 atom stereocenters. The van der Waals surface area contributed by atoms with Crippen LogP contribution in [-0.4, -0.2) is 25.9 Å². The molecule has 1 aliphatic heterocycles. The van der Waals surface area contributed by atoms with Crippen LogP contribution in [0.15, 0.2) is 0 Å². The fourth-order valence-corrected chi connectivity index (χ4v) is 2.43. The first-order valence-electron chi connectivity index (χ1n) is 2.17. The summed E-state index contributed by atoms with van der Waals surface area (Å²) in [6.45, 7) is 0. The SMILES string of the molecule is [Au].[Se]C1CCCS1. The molecular weight excluding hydrogens is 356 g/mol. The summed E-state index contributed by atoms with van der Waals surface area (Å²) in [6.07, 6.45) is 2.81. The van der Waals surface area contributed by atoms with Crippen LogP contribution in [0.1, 0.15) is 12.8 Å². The first kappa shape index (κ1) is 8.61. The molecule has 0 aromatic heterocycles. The Kier molecular flexibility index (Phi) is 5.52. The van der Waals surface area contributed by atoms with E-state index in [1.54, 1.807) is 0 Å². The van der Waals surface area contributed by atoms with Crippen LogP contribution >= 0.6 is 11.8 Å². The predicted molar refractivity (Wildman–Crippen MR) is 31.2 cm³/mol. The molecule has 1 saturated heterocycles. The molecule has 46 valence electrons. The van der Waals surface area contributed by atoms with E-state index in [4.69, 9.17) is 0 Å². The molecule has 3 heteroatoms. The Morgan fingerprint density at radius 1 is 1.57 bits per heavy atom. The zero-order valence-electron chi connectivity index (χ0n) is 3.82. The number of thioether (sulfide) groups is 1. The van der Waals surface area contributed by atoms with Crippen LogP contribution < -0.4 is 0 Å². The molecule has 1 heterocycles. The normalized spacial score (nSPS) is 29.6. The van der Waals surface area contributed by atoms with Gasteiger partial charge in [-0.05, 0) is 0 Å². The van der Waals surface area contributed by atoms with Crippen molar-refractivity contribution >= 4 is 27.8 Å². The Morgan fingerprint density at radius 3 is 2.43 bits per heavy atom. The van der Waals surface area contributed by atoms with Gasteiger partial charge in [0.15, 0.2) is 0 Å². The van der Waals surface area contributed by atoms with Crippen LogP contribution in [0.5, 0.6) is 0 Å². The third-order valence-electron chi connectivity index (χ3n) is 0.888. The van der Waals surface area contributed by atoms with Crippen LogP contribution in [-0.2, 0) is 22.4 Å². The summed E-state index contributed by atoms with van der Waals surface area (Å²) >= 11 is 5.14. The second-order valence-electron chi connectivity index (χ2n) is 1.44. The van der Waals surface area contributed by atoms with Crippen LogP contribution in [0, 0.1) is 0 Å². The minimum absolute atomic E-state index is 0. The summed E-state index contributed by atoms with van der Waals surface area (Å²) in [5.74, 6) is 1.37. The van der Waals surface area contributed by atoms with E-state index >= 15 is 0 Å². The van der Waals surface area contributed by atoms with Crippen LogP contribution in [0.4, 0.5) is 0 Å². The average Bonchev–Trinajstić information content (AvgIpc) is 1.86. The van der Waals surface area contributed by atoms with Crippen molar-refractivity contribution in [1.82, 2.24) is 0 Å². The molecule has 1 fully saturated rings. The number of rotatable bonds is 0. The van der Waals surface area contributed by atoms with E-state index < -0.39 is 0 Å². The van der Waals surface area contributed by atoms with Gasteiger partial charge in [0.1, 0.15) is 0 Å². The average molecular weight is 363 g/mol. The molecule has 0 amide bonds. The molecule has 2 radical (unpaired) electrons. The minimum atomic E-state index is 0. The summed E-state index contributed by atoms with van der Waals surface area (Å²) < 4.78 is 0.838. The van der Waals surface area contributed by atoms with Gasteiger partial charge < -0.3 is 0 Å². The fraction of sp³-hybridized carbons (Fsp3) is 1.00. The second-order valence-corrected chi connectivity index (χ2v) is 4.62. The summed E-state index contributed by atoms with van der Waals surface area (Å²) in [5.41, 5.74) is 0. The molecule has 0 aliphatic carbocycles. The monoisotopic (exact) mass is 364 g/mol. The van der Waals surface area contributed by atoms with Crippen molar-refractivity contribution in [3.8, 4) is 0 Å². The molecule has 1 aliphatic rings. The van der Waals surface area contributed by atoms with Gasteiger partial charge in [-0.2, -0.15) is 0 Å². The first-order chi connectivity index (χ1) is 2.89. The molecule has 0 nitrogen and oxygen atoms in total. The van der Waals surface area contributed by atoms with Crippen molar-refractivity contribution < 1.29 is 22.4 Å². The summed E-state index contributed by atoms with van der Waals surface area (Å²) in [5, 5.41) is 0. The van der Waals surface area contributed by atoms with Crippen LogP contribution in [0.2, 0.25) is 0 Å². The summed E-state index contributed by atoms with van der Waals surface area (Å²) in [6, 6.07) is 0. The Hall–Kier alpha value is 1.61. The quantitative estimate of drug-likeness (QED) is 0.579. The first-order valence-corrected chi connectivity index (χ1v) is 4.21. The van der Waals surface area contributed by atoms with Crippen LogP contribution in [0.3, 0.4) is 0 Å². The van der Waals surface area contributed by atoms with Gasteiger partial charge in [0.25, 0.3) is 0 Å². The fourth-order valence-electron chi connectivity index (χ4n) is 0.548. The zero-order chi connectivity index (χ0) is 4.41. The predicted octanol–water partition coefficient (Wildman–Crippen LogP) is 1.01. The van der Waals surface area contributed by atoms with Crippen molar-refractivity contribution in [1.29, 1.82) is 0 Å². The zero-order valence-corrected chi connectivity index (χ0v) is 8.51. The standard InChI is InChI=1S/C4H7SSe.Au/c6-4-2-1-3-5-4;/h4H,1-3H2;. The molecule has 0 bridgehead atoms. The van der Waals surface area contributed by atoms with E-state index in [1.807, 2.05) is 11.8 Å². The second kappa shape index (κ2) is 4.48. The van der Waals surface area contributed by atoms with Gasteiger partial charge >= 0.3 is 50.5 Å². The number of hydrogen-bond donors (Lipinski definition) is 0. The Bertz CT molecular complexity index is 45.0. The third-order valence-corrected chi connectivity index (χ3v) is 3.37. The Labute approximate surface area is 72.5 Å². The van der Waals surface area contributed by atoms with Gasteiger partial charge in [-0.25, -0.2) is 0 Å². The van der Waals surface area contributed by atoms with Gasteiger partial charge in [-0.15, -0.1) is 0 Å². The van der Waals surface area contributed by atoms with Gasteiger partial charge in [0, 0.05) is 22.4 Å². The molecule has 0 aromatic rings. The molecule has 1 unspecified atom stereocenters. The number of hydrogen-bond acceptors (Lipinski definition) is 1. The van der Waals surface area contributed by atoms with Gasteiger partial charge in [0.2, 0.25) is 0 Å². The molecule has 1 rings (SSSR count). The van der Waals surface area contributed by atoms with Crippen molar-refractivity contribution in [3.05, 3.63) is 0 Å². The molecule has 7 heavy (non-hydrogen) atoms. The van der Waals surface area contributed by atoms with Crippen LogP contribution in [0.25, 0.3) is 0 Å². The molecule has 0 aromatic carbocycles. The van der Waals surface area contributed by atoms with Gasteiger partial charge in [-0.1, -0.05) is 0 Å². The maximum atomic E-state index is 3.10. The van der Waals surface area contributed by atoms with E-state index in [0.717, 1.165) is 4.15 Å². The maximum absolute atomic E-state index is 3.10. The third kappa shape index (κ3) is 3.23. The van der Waals surface area contributed by atoms with Crippen molar-refractivity contribution in [2.24, 2.45) is 0 Å². The molecule has 0 N–H and O–H groups in total. The van der Waals surface area contributed by atoms with E-state index in [-0.39, 0.29) is 22.4 Å². The van der Waals surface area contributed by atoms with E-state index in [2.05, 4.69) is 16.0 Å². The van der Waals surface area contributed by atoms with Gasteiger partial charge in [0.05, 0.1) is 0 Å². The van der Waals surface area contributed by atoms with Crippen molar-refractivity contribution in [2.45, 2.75) is 17.0 Å². The molecule has 0 saturated carbocycles. The summed E-state index contributed by atoms with van der Waals surface area (Å²) in [4.78, 5) is 0. The molecule has 0 spiro atoms. The molecular formula is C4H7AuSSe.